The van der Waals surface area contributed by atoms with Gasteiger partial charge in [-0.15, -0.1) is 11.6 Å². The molecule has 2 aromatic rings. The number of hydrogen-bond donors (Lipinski definition) is 1. The third-order valence-electron chi connectivity index (χ3n) is 1.97. The highest BCUT2D eigenvalue weighted by Crippen LogP contribution is 2.17. The summed E-state index contributed by atoms with van der Waals surface area (Å²) in [4.78, 5) is 14.6. The van der Waals surface area contributed by atoms with Gasteiger partial charge in [-0.25, -0.2) is 4.79 Å². The maximum absolute atomic E-state index is 10.6. The molecule has 0 aliphatic rings. The fourth-order valence-electron chi connectivity index (χ4n) is 1.19. The van der Waals surface area contributed by atoms with Crippen LogP contribution >= 0.6 is 11.6 Å². The topological polar surface area (TPSA) is 76.2 Å². The Morgan fingerprint density at radius 2 is 2.06 bits per heavy atom. The van der Waals surface area contributed by atoms with Crippen LogP contribution < -0.4 is 0 Å². The second kappa shape index (κ2) is 4.32. The van der Waals surface area contributed by atoms with Gasteiger partial charge in [-0.05, 0) is 12.1 Å². The number of benzene rings is 1. The smallest absolute Gasteiger partial charge is 0.335 e. The lowest BCUT2D eigenvalue weighted by atomic mass is 10.1. The maximum Gasteiger partial charge on any atom is 0.335 e. The second-order valence-corrected chi connectivity index (χ2v) is 3.30. The Morgan fingerprint density at radius 1 is 1.38 bits per heavy atom. The van der Waals surface area contributed by atoms with Crippen molar-refractivity contribution in [3.63, 3.8) is 0 Å². The molecule has 1 aromatic heterocycles. The number of hydrogen-bond acceptors (Lipinski definition) is 4. The predicted molar refractivity (Wildman–Crippen MR) is 56.3 cm³/mol. The van der Waals surface area contributed by atoms with Gasteiger partial charge in [-0.1, -0.05) is 17.3 Å². The molecule has 0 atom stereocenters. The van der Waals surface area contributed by atoms with Crippen molar-refractivity contribution in [1.82, 2.24) is 10.1 Å². The van der Waals surface area contributed by atoms with Gasteiger partial charge in [0.05, 0.1) is 5.56 Å². The van der Waals surface area contributed by atoms with Gasteiger partial charge in [0.25, 0.3) is 0 Å². The molecule has 0 fully saturated rings. The average Bonchev–Trinajstić information content (AvgIpc) is 2.77. The van der Waals surface area contributed by atoms with Crippen molar-refractivity contribution in [3.8, 4) is 11.4 Å². The Hall–Kier alpha value is -1.88. The molecule has 6 heteroatoms. The highest BCUT2D eigenvalue weighted by Gasteiger charge is 2.08. The number of aromatic nitrogens is 2. The Kier molecular flexibility index (Phi) is 2.87. The third-order valence-corrected chi connectivity index (χ3v) is 2.20. The van der Waals surface area contributed by atoms with Crippen molar-refractivity contribution in [1.29, 1.82) is 0 Å². The zero-order chi connectivity index (χ0) is 11.5. The first-order valence-electron chi connectivity index (χ1n) is 4.43. The molecule has 0 spiro atoms. The van der Waals surface area contributed by atoms with E-state index in [4.69, 9.17) is 21.2 Å². The molecule has 0 saturated carbocycles. The quantitative estimate of drug-likeness (QED) is 0.830. The van der Waals surface area contributed by atoms with Crippen molar-refractivity contribution in [2.45, 2.75) is 5.88 Å². The minimum Gasteiger partial charge on any atom is -0.478 e. The SMILES string of the molecule is O=C(O)c1ccc(-c2noc(CCl)n2)cc1. The summed E-state index contributed by atoms with van der Waals surface area (Å²) in [5, 5.41) is 12.4. The van der Waals surface area contributed by atoms with E-state index >= 15 is 0 Å². The van der Waals surface area contributed by atoms with Crippen LogP contribution in [0, 0.1) is 0 Å². The highest BCUT2D eigenvalue weighted by molar-refractivity contribution is 6.16. The fourth-order valence-corrected chi connectivity index (χ4v) is 1.30. The van der Waals surface area contributed by atoms with E-state index in [0.29, 0.717) is 17.3 Å². The van der Waals surface area contributed by atoms with Crippen LogP contribution in [-0.2, 0) is 5.88 Å². The molecular weight excluding hydrogens is 232 g/mol. The van der Waals surface area contributed by atoms with E-state index in [9.17, 15) is 4.79 Å². The summed E-state index contributed by atoms with van der Waals surface area (Å²) in [7, 11) is 0. The summed E-state index contributed by atoms with van der Waals surface area (Å²) in [6, 6.07) is 6.20. The number of carboxylic acid groups (broad SMARTS) is 1. The van der Waals surface area contributed by atoms with Crippen LogP contribution in [0.3, 0.4) is 0 Å². The van der Waals surface area contributed by atoms with E-state index < -0.39 is 5.97 Å². The largest absolute Gasteiger partial charge is 0.478 e. The van der Waals surface area contributed by atoms with Crippen LogP contribution in [0.5, 0.6) is 0 Å². The molecule has 16 heavy (non-hydrogen) atoms. The summed E-state index contributed by atoms with van der Waals surface area (Å²) in [5.41, 5.74) is 0.898. The minimum absolute atomic E-state index is 0.153. The number of carboxylic acids is 1. The highest BCUT2D eigenvalue weighted by atomic mass is 35.5. The zero-order valence-corrected chi connectivity index (χ0v) is 8.81. The average molecular weight is 239 g/mol. The van der Waals surface area contributed by atoms with Gasteiger partial charge in [0.2, 0.25) is 11.7 Å². The van der Waals surface area contributed by atoms with Crippen LogP contribution in [0.1, 0.15) is 16.2 Å². The molecule has 2 rings (SSSR count). The van der Waals surface area contributed by atoms with Crippen LogP contribution in [0.25, 0.3) is 11.4 Å². The second-order valence-electron chi connectivity index (χ2n) is 3.03. The molecule has 82 valence electrons. The molecule has 0 unspecified atom stereocenters. The van der Waals surface area contributed by atoms with Gasteiger partial charge < -0.3 is 9.63 Å². The number of rotatable bonds is 3. The number of carbonyl (C=O) groups is 1. The van der Waals surface area contributed by atoms with Gasteiger partial charge in [-0.3, -0.25) is 0 Å². The summed E-state index contributed by atoms with van der Waals surface area (Å²) >= 11 is 5.52. The summed E-state index contributed by atoms with van der Waals surface area (Å²) in [5.74, 6) is -0.0899. The van der Waals surface area contributed by atoms with Gasteiger partial charge in [0, 0.05) is 5.56 Å². The molecule has 0 bridgehead atoms. The minimum atomic E-state index is -0.971. The van der Waals surface area contributed by atoms with E-state index in [0.717, 1.165) is 0 Å². The summed E-state index contributed by atoms with van der Waals surface area (Å²) in [6.45, 7) is 0. The number of nitrogens with zero attached hydrogens (tertiary/aromatic N) is 2. The van der Waals surface area contributed by atoms with Crippen molar-refractivity contribution in [2.75, 3.05) is 0 Å². The summed E-state index contributed by atoms with van der Waals surface area (Å²) in [6.07, 6.45) is 0. The Balaban J connectivity index is 2.30. The van der Waals surface area contributed by atoms with Crippen molar-refractivity contribution >= 4 is 17.6 Å². The normalized spacial score (nSPS) is 10.3. The van der Waals surface area contributed by atoms with Gasteiger partial charge in [-0.2, -0.15) is 4.98 Å². The van der Waals surface area contributed by atoms with Crippen LogP contribution in [0.2, 0.25) is 0 Å². The first-order valence-corrected chi connectivity index (χ1v) is 4.96. The van der Waals surface area contributed by atoms with Crippen LogP contribution in [0.15, 0.2) is 28.8 Å². The van der Waals surface area contributed by atoms with Gasteiger partial charge in [0.1, 0.15) is 5.88 Å². The molecule has 0 aliphatic heterocycles. The lowest BCUT2D eigenvalue weighted by Gasteiger charge is -1.95. The molecule has 0 radical (unpaired) electrons. The van der Waals surface area contributed by atoms with Gasteiger partial charge in [0.15, 0.2) is 0 Å². The molecular formula is C10H7ClN2O3. The van der Waals surface area contributed by atoms with Crippen LogP contribution in [0.4, 0.5) is 0 Å². The van der Waals surface area contributed by atoms with Crippen molar-refractivity contribution in [3.05, 3.63) is 35.7 Å². The Bertz CT molecular complexity index is 507. The number of alkyl halides is 1. The standard InChI is InChI=1S/C10H7ClN2O3/c11-5-8-12-9(13-16-8)6-1-3-7(4-2-6)10(14)15/h1-4H,5H2,(H,14,15). The third kappa shape index (κ3) is 2.04. The Morgan fingerprint density at radius 3 is 2.56 bits per heavy atom. The summed E-state index contributed by atoms with van der Waals surface area (Å²) < 4.78 is 4.84. The lowest BCUT2D eigenvalue weighted by molar-refractivity contribution is 0.0697. The molecule has 1 heterocycles. The number of halogens is 1. The number of aromatic carboxylic acids is 1. The fraction of sp³-hybridized carbons (Fsp3) is 0.100. The Labute approximate surface area is 95.7 Å². The van der Waals surface area contributed by atoms with Gasteiger partial charge >= 0.3 is 5.97 Å². The first-order chi connectivity index (χ1) is 7.70. The molecule has 1 N–H and O–H groups in total. The van der Waals surface area contributed by atoms with E-state index in [2.05, 4.69) is 10.1 Å². The van der Waals surface area contributed by atoms with E-state index in [1.165, 1.54) is 12.1 Å². The molecule has 0 aliphatic carbocycles. The van der Waals surface area contributed by atoms with Crippen LogP contribution in [-0.4, -0.2) is 21.2 Å². The first kappa shape index (κ1) is 10.6. The maximum atomic E-state index is 10.6. The van der Waals surface area contributed by atoms with E-state index in [-0.39, 0.29) is 11.4 Å². The molecule has 0 saturated heterocycles. The monoisotopic (exact) mass is 238 g/mol. The molecule has 1 aromatic carbocycles. The molecule has 0 amide bonds. The van der Waals surface area contributed by atoms with Crippen molar-refractivity contribution in [2.24, 2.45) is 0 Å². The van der Waals surface area contributed by atoms with E-state index in [1.807, 2.05) is 0 Å². The van der Waals surface area contributed by atoms with E-state index in [1.54, 1.807) is 12.1 Å². The predicted octanol–water partition coefficient (Wildman–Crippen LogP) is 2.17. The molecule has 5 nitrogen and oxygen atoms in total. The van der Waals surface area contributed by atoms with Crippen molar-refractivity contribution < 1.29 is 14.4 Å². The zero-order valence-electron chi connectivity index (χ0n) is 8.05. The lowest BCUT2D eigenvalue weighted by Crippen LogP contribution is -1.95.